The van der Waals surface area contributed by atoms with E-state index in [1.54, 1.807) is 25.1 Å². The lowest BCUT2D eigenvalue weighted by Gasteiger charge is -2.26. The molecule has 0 bridgehead atoms. The van der Waals surface area contributed by atoms with Gasteiger partial charge in [0.25, 0.3) is 0 Å². The van der Waals surface area contributed by atoms with E-state index in [4.69, 9.17) is 15.9 Å². The third-order valence-electron chi connectivity index (χ3n) is 5.82. The molecule has 38 heavy (non-hydrogen) atoms. The van der Waals surface area contributed by atoms with Crippen molar-refractivity contribution in [2.75, 3.05) is 23.4 Å². The molecule has 0 saturated heterocycles. The molecule has 4 N–H and O–H groups in total. The van der Waals surface area contributed by atoms with E-state index in [0.717, 1.165) is 22.5 Å². The van der Waals surface area contributed by atoms with E-state index in [0.29, 0.717) is 24.6 Å². The van der Waals surface area contributed by atoms with E-state index in [-0.39, 0.29) is 30.7 Å². The van der Waals surface area contributed by atoms with Gasteiger partial charge in [0.2, 0.25) is 5.91 Å². The number of nitrogens with two attached hydrogens (primary N) is 1. The number of hydrogen-bond acceptors (Lipinski definition) is 5. The molecule has 0 spiro atoms. The van der Waals surface area contributed by atoms with Crippen molar-refractivity contribution in [3.63, 3.8) is 0 Å². The molecule has 3 aromatic carbocycles. The van der Waals surface area contributed by atoms with Gasteiger partial charge in [-0.15, -0.1) is 12.4 Å². The molecular formula is C30H35ClN4O3. The Kier molecular flexibility index (Phi) is 11.6. The average molecular weight is 535 g/mol. The minimum absolute atomic E-state index is 0. The number of anilines is 2. The molecule has 0 unspecified atom stereocenters. The zero-order valence-electron chi connectivity index (χ0n) is 21.9. The number of carbonyl (C=O) groups excluding carboxylic acids is 2. The van der Waals surface area contributed by atoms with Crippen molar-refractivity contribution in [2.24, 2.45) is 5.73 Å². The molecule has 0 aliphatic heterocycles. The first kappa shape index (κ1) is 30.1. The van der Waals surface area contributed by atoms with Gasteiger partial charge in [-0.2, -0.15) is 0 Å². The van der Waals surface area contributed by atoms with Crippen molar-refractivity contribution in [3.05, 3.63) is 101 Å². The summed E-state index contributed by atoms with van der Waals surface area (Å²) in [6.45, 7) is 6.78. The molecule has 3 aromatic rings. The van der Waals surface area contributed by atoms with Gasteiger partial charge in [0.15, 0.2) is 0 Å². The van der Waals surface area contributed by atoms with Crippen LogP contribution in [0.5, 0.6) is 0 Å². The Hall–Kier alpha value is -4.10. The summed E-state index contributed by atoms with van der Waals surface area (Å²) in [5.41, 5.74) is 10.7. The smallest absolute Gasteiger partial charge is 0.330 e. The third-order valence-corrected chi connectivity index (χ3v) is 5.82. The van der Waals surface area contributed by atoms with Gasteiger partial charge >= 0.3 is 5.97 Å². The number of halogens is 1. The summed E-state index contributed by atoms with van der Waals surface area (Å²) >= 11 is 0. The lowest BCUT2D eigenvalue weighted by Crippen LogP contribution is -2.33. The Morgan fingerprint density at radius 2 is 1.76 bits per heavy atom. The number of nitrogens with one attached hydrogen (secondary N) is 2. The molecule has 0 aliphatic rings. The molecule has 0 radical (unpaired) electrons. The van der Waals surface area contributed by atoms with E-state index in [1.807, 2.05) is 65.6 Å². The molecule has 0 heterocycles. The van der Waals surface area contributed by atoms with E-state index < -0.39 is 5.97 Å². The Balaban J connectivity index is 0.00000507. The van der Waals surface area contributed by atoms with Crippen LogP contribution in [0.2, 0.25) is 0 Å². The first-order valence-corrected chi connectivity index (χ1v) is 12.3. The molecular weight excluding hydrogens is 500 g/mol. The van der Waals surface area contributed by atoms with Crippen molar-refractivity contribution in [1.29, 1.82) is 5.41 Å². The number of hydrogen-bond donors (Lipinski definition) is 3. The van der Waals surface area contributed by atoms with Crippen LogP contribution in [0.1, 0.15) is 48.9 Å². The fourth-order valence-corrected chi connectivity index (χ4v) is 3.83. The molecule has 0 saturated carbocycles. The first-order valence-electron chi connectivity index (χ1n) is 12.3. The van der Waals surface area contributed by atoms with Crippen LogP contribution >= 0.6 is 12.4 Å². The van der Waals surface area contributed by atoms with Gasteiger partial charge in [-0.05, 0) is 59.9 Å². The van der Waals surface area contributed by atoms with E-state index in [2.05, 4.69) is 19.2 Å². The molecule has 200 valence electrons. The largest absolute Gasteiger partial charge is 0.463 e. The summed E-state index contributed by atoms with van der Waals surface area (Å²) in [5, 5.41) is 10.8. The van der Waals surface area contributed by atoms with Gasteiger partial charge in [0.05, 0.1) is 13.2 Å². The van der Waals surface area contributed by atoms with Crippen molar-refractivity contribution >= 4 is 47.6 Å². The Bertz CT molecular complexity index is 1270. The van der Waals surface area contributed by atoms with Crippen LogP contribution in [0.4, 0.5) is 11.4 Å². The quantitative estimate of drug-likeness (QED) is 0.126. The topological polar surface area (TPSA) is 109 Å². The summed E-state index contributed by atoms with van der Waals surface area (Å²) in [4.78, 5) is 26.9. The zero-order valence-corrected chi connectivity index (χ0v) is 22.8. The highest BCUT2D eigenvalue weighted by Crippen LogP contribution is 2.22. The highest BCUT2D eigenvalue weighted by atomic mass is 35.5. The number of esters is 1. The van der Waals surface area contributed by atoms with Crippen molar-refractivity contribution in [3.8, 4) is 0 Å². The van der Waals surface area contributed by atoms with Crippen molar-refractivity contribution < 1.29 is 14.3 Å². The van der Waals surface area contributed by atoms with Gasteiger partial charge in [-0.25, -0.2) is 4.79 Å². The molecule has 7 nitrogen and oxygen atoms in total. The van der Waals surface area contributed by atoms with E-state index >= 15 is 0 Å². The monoisotopic (exact) mass is 534 g/mol. The minimum Gasteiger partial charge on any atom is -0.463 e. The summed E-state index contributed by atoms with van der Waals surface area (Å²) in [6.07, 6.45) is 3.12. The van der Waals surface area contributed by atoms with Crippen LogP contribution < -0.4 is 16.0 Å². The predicted octanol–water partition coefficient (Wildman–Crippen LogP) is 5.74. The Morgan fingerprint density at radius 1 is 1.05 bits per heavy atom. The fourth-order valence-electron chi connectivity index (χ4n) is 3.83. The number of amidine groups is 1. The number of ether oxygens (including phenoxy) is 1. The third kappa shape index (κ3) is 8.78. The molecule has 0 fully saturated rings. The predicted molar refractivity (Wildman–Crippen MR) is 157 cm³/mol. The maximum absolute atomic E-state index is 13.1. The normalized spacial score (nSPS) is 10.6. The second-order valence-corrected chi connectivity index (χ2v) is 8.93. The molecule has 8 heteroatoms. The molecule has 3 rings (SSSR count). The maximum atomic E-state index is 13.1. The fraction of sp³-hybridized carbons (Fsp3) is 0.233. The van der Waals surface area contributed by atoms with Crippen molar-refractivity contribution in [2.45, 2.75) is 33.2 Å². The summed E-state index contributed by atoms with van der Waals surface area (Å²) in [5.74, 6) is -0.225. The number of amides is 1. The standard InChI is InChI=1S/C30H34N4O3.ClH/c1-4-37-29(36)17-14-23-8-5-6-9-25(23)19-34(27-11-7-10-24(18-27)30(31)32)20-28(35)33-26-15-12-22(13-16-26)21(2)3;/h5-18,21H,4,19-20H2,1-3H3,(H3,31,32)(H,33,35);1H. The maximum Gasteiger partial charge on any atom is 0.330 e. The highest BCUT2D eigenvalue weighted by Gasteiger charge is 2.15. The van der Waals surface area contributed by atoms with Crippen LogP contribution in [-0.2, 0) is 20.9 Å². The zero-order chi connectivity index (χ0) is 26.8. The Morgan fingerprint density at radius 3 is 2.42 bits per heavy atom. The van der Waals surface area contributed by atoms with Crippen LogP contribution in [0.25, 0.3) is 6.08 Å². The van der Waals surface area contributed by atoms with E-state index in [1.165, 1.54) is 11.6 Å². The number of rotatable bonds is 11. The second-order valence-electron chi connectivity index (χ2n) is 8.93. The van der Waals surface area contributed by atoms with Gasteiger partial charge < -0.3 is 20.7 Å². The SMILES string of the molecule is CCOC(=O)C=Cc1ccccc1CN(CC(=O)Nc1ccc(C(C)C)cc1)c1cccc(C(=N)N)c1.Cl. The number of carbonyl (C=O) groups is 2. The van der Waals surface area contributed by atoms with Crippen LogP contribution in [0, 0.1) is 5.41 Å². The van der Waals surface area contributed by atoms with E-state index in [9.17, 15) is 9.59 Å². The van der Waals surface area contributed by atoms with Gasteiger partial charge in [-0.1, -0.05) is 62.4 Å². The number of nitrogens with zero attached hydrogens (tertiary/aromatic N) is 1. The molecule has 1 amide bonds. The lowest BCUT2D eigenvalue weighted by atomic mass is 10.0. The van der Waals surface area contributed by atoms with Crippen LogP contribution in [0.15, 0.2) is 78.9 Å². The molecule has 0 atom stereocenters. The molecule has 0 aliphatic carbocycles. The van der Waals surface area contributed by atoms with Crippen LogP contribution in [-0.4, -0.2) is 30.9 Å². The Labute approximate surface area is 230 Å². The van der Waals surface area contributed by atoms with Gasteiger partial charge in [0.1, 0.15) is 5.84 Å². The average Bonchev–Trinajstić information content (AvgIpc) is 2.88. The first-order chi connectivity index (χ1) is 17.8. The van der Waals surface area contributed by atoms with Gasteiger partial charge in [-0.3, -0.25) is 10.2 Å². The minimum atomic E-state index is -0.411. The second kappa shape index (κ2) is 14.6. The summed E-state index contributed by atoms with van der Waals surface area (Å²) in [6, 6.07) is 22.8. The van der Waals surface area contributed by atoms with Crippen molar-refractivity contribution in [1.82, 2.24) is 0 Å². The number of benzene rings is 3. The van der Waals surface area contributed by atoms with Gasteiger partial charge in [0, 0.05) is 29.6 Å². The number of nitrogen functional groups attached to an aromatic ring is 1. The lowest BCUT2D eigenvalue weighted by molar-refractivity contribution is -0.137. The highest BCUT2D eigenvalue weighted by molar-refractivity contribution is 5.97. The van der Waals surface area contributed by atoms with Crippen LogP contribution in [0.3, 0.4) is 0 Å². The summed E-state index contributed by atoms with van der Waals surface area (Å²) in [7, 11) is 0. The summed E-state index contributed by atoms with van der Waals surface area (Å²) < 4.78 is 5.00. The molecule has 0 aromatic heterocycles.